The van der Waals surface area contributed by atoms with Gasteiger partial charge in [-0.2, -0.15) is 0 Å². The lowest BCUT2D eigenvalue weighted by atomic mass is 10.3. The Morgan fingerprint density at radius 2 is 2.14 bits per heavy atom. The molecule has 0 aliphatic carbocycles. The molecule has 7 nitrogen and oxygen atoms in total. The Labute approximate surface area is 139 Å². The van der Waals surface area contributed by atoms with Crippen LogP contribution in [0.5, 0.6) is 0 Å². The normalized spacial score (nSPS) is 15.0. The van der Waals surface area contributed by atoms with Gasteiger partial charge in [-0.25, -0.2) is 0 Å². The monoisotopic (exact) mass is 358 g/mol. The topological polar surface area (TPSA) is 81.4 Å². The van der Waals surface area contributed by atoms with Gasteiger partial charge < -0.3 is 9.64 Å². The van der Waals surface area contributed by atoms with E-state index < -0.39 is 4.92 Å². The summed E-state index contributed by atoms with van der Waals surface area (Å²) in [6.07, 6.45) is 0. The fraction of sp³-hybridized carbons (Fsp3) is 0.333. The number of hydrogen-bond donors (Lipinski definition) is 0. The highest BCUT2D eigenvalue weighted by Crippen LogP contribution is 2.38. The predicted octanol–water partition coefficient (Wildman–Crippen LogP) is 3.09. The minimum Gasteiger partial charge on any atom is -0.378 e. The summed E-state index contributed by atoms with van der Waals surface area (Å²) in [5.41, 5.74) is -0.0272. The lowest BCUT2D eigenvalue weighted by Crippen LogP contribution is -2.36. The summed E-state index contributed by atoms with van der Waals surface area (Å²) in [7, 11) is 0. The van der Waals surface area contributed by atoms with Crippen LogP contribution in [0.15, 0.2) is 27.4 Å². The molecular weight excluding hydrogens is 348 g/mol. The first kappa shape index (κ1) is 15.5. The van der Waals surface area contributed by atoms with Crippen molar-refractivity contribution in [2.75, 3.05) is 31.2 Å². The molecule has 116 valence electrons. The number of nitro benzene ring substituents is 1. The highest BCUT2D eigenvalue weighted by Gasteiger charge is 2.17. The van der Waals surface area contributed by atoms with Crippen LogP contribution in [0.2, 0.25) is 5.02 Å². The minimum atomic E-state index is -0.470. The van der Waals surface area contributed by atoms with Gasteiger partial charge in [0.15, 0.2) is 4.34 Å². The van der Waals surface area contributed by atoms with Crippen molar-refractivity contribution in [3.63, 3.8) is 0 Å². The van der Waals surface area contributed by atoms with E-state index in [0.717, 1.165) is 27.5 Å². The van der Waals surface area contributed by atoms with Crippen LogP contribution in [-0.4, -0.2) is 41.4 Å². The van der Waals surface area contributed by atoms with Crippen molar-refractivity contribution in [1.82, 2.24) is 10.2 Å². The van der Waals surface area contributed by atoms with E-state index in [1.165, 1.54) is 35.2 Å². The van der Waals surface area contributed by atoms with E-state index in [9.17, 15) is 10.1 Å². The van der Waals surface area contributed by atoms with Crippen LogP contribution in [-0.2, 0) is 4.74 Å². The maximum Gasteiger partial charge on any atom is 0.270 e. The van der Waals surface area contributed by atoms with E-state index in [-0.39, 0.29) is 5.69 Å². The van der Waals surface area contributed by atoms with E-state index in [2.05, 4.69) is 15.1 Å². The molecule has 1 aliphatic rings. The Morgan fingerprint density at radius 3 is 2.82 bits per heavy atom. The number of nitrogens with zero attached hydrogens (tertiary/aromatic N) is 4. The van der Waals surface area contributed by atoms with Crippen LogP contribution >= 0.6 is 34.7 Å². The van der Waals surface area contributed by atoms with Gasteiger partial charge in [0, 0.05) is 30.1 Å². The zero-order valence-corrected chi connectivity index (χ0v) is 13.7. The van der Waals surface area contributed by atoms with Gasteiger partial charge in [-0.05, 0) is 6.07 Å². The minimum absolute atomic E-state index is 0.0272. The highest BCUT2D eigenvalue weighted by atomic mass is 35.5. The number of rotatable bonds is 4. The lowest BCUT2D eigenvalue weighted by Gasteiger charge is -2.25. The average Bonchev–Trinajstić information content (AvgIpc) is 2.98. The Morgan fingerprint density at radius 1 is 1.36 bits per heavy atom. The third-order valence-electron chi connectivity index (χ3n) is 3.00. The summed E-state index contributed by atoms with van der Waals surface area (Å²) >= 11 is 8.91. The van der Waals surface area contributed by atoms with Gasteiger partial charge >= 0.3 is 0 Å². The molecular formula is C12H11ClN4O3S2. The SMILES string of the molecule is O=[N+]([O-])c1ccc(Sc2nnc(N3CCOCC3)s2)c(Cl)c1. The summed E-state index contributed by atoms with van der Waals surface area (Å²) < 4.78 is 6.05. The Kier molecular flexibility index (Phi) is 4.77. The van der Waals surface area contributed by atoms with E-state index in [0.29, 0.717) is 18.2 Å². The summed E-state index contributed by atoms with van der Waals surface area (Å²) in [6.45, 7) is 2.99. The number of non-ortho nitro benzene ring substituents is 1. The van der Waals surface area contributed by atoms with Gasteiger partial charge in [0.1, 0.15) is 0 Å². The van der Waals surface area contributed by atoms with E-state index >= 15 is 0 Å². The van der Waals surface area contributed by atoms with Crippen molar-refractivity contribution in [2.45, 2.75) is 9.24 Å². The van der Waals surface area contributed by atoms with Crippen LogP contribution in [0.3, 0.4) is 0 Å². The van der Waals surface area contributed by atoms with Crippen molar-refractivity contribution in [1.29, 1.82) is 0 Å². The van der Waals surface area contributed by atoms with Crippen molar-refractivity contribution in [2.24, 2.45) is 0 Å². The molecule has 10 heteroatoms. The second kappa shape index (κ2) is 6.78. The number of nitro groups is 1. The molecule has 1 aromatic carbocycles. The molecule has 0 radical (unpaired) electrons. The van der Waals surface area contributed by atoms with Crippen LogP contribution in [0, 0.1) is 10.1 Å². The summed E-state index contributed by atoms with van der Waals surface area (Å²) in [5, 5.41) is 20.2. The quantitative estimate of drug-likeness (QED) is 0.613. The van der Waals surface area contributed by atoms with Gasteiger partial charge in [-0.3, -0.25) is 10.1 Å². The second-order valence-electron chi connectivity index (χ2n) is 4.42. The number of benzene rings is 1. The van der Waals surface area contributed by atoms with Gasteiger partial charge in [0.2, 0.25) is 5.13 Å². The van der Waals surface area contributed by atoms with Gasteiger partial charge in [0.05, 0.1) is 23.2 Å². The third-order valence-corrected chi connectivity index (χ3v) is 5.54. The molecule has 0 saturated carbocycles. The second-order valence-corrected chi connectivity index (χ2v) is 7.08. The summed E-state index contributed by atoms with van der Waals surface area (Å²) in [5.74, 6) is 0. The number of hydrogen-bond acceptors (Lipinski definition) is 8. The average molecular weight is 359 g/mol. The molecule has 3 rings (SSSR count). The molecule has 0 atom stereocenters. The Hall–Kier alpha value is -1.42. The van der Waals surface area contributed by atoms with Gasteiger partial charge in [0.25, 0.3) is 5.69 Å². The van der Waals surface area contributed by atoms with Crippen molar-refractivity contribution in [3.8, 4) is 0 Å². The van der Waals surface area contributed by atoms with E-state index in [4.69, 9.17) is 16.3 Å². The molecule has 2 aromatic rings. The number of morpholine rings is 1. The Balaban J connectivity index is 1.73. The molecule has 1 saturated heterocycles. The maximum atomic E-state index is 10.7. The third kappa shape index (κ3) is 3.49. The molecule has 0 spiro atoms. The molecule has 0 unspecified atom stereocenters. The zero-order valence-electron chi connectivity index (χ0n) is 11.3. The van der Waals surface area contributed by atoms with Crippen LogP contribution in [0.1, 0.15) is 0 Å². The fourth-order valence-corrected chi connectivity index (χ4v) is 4.05. The molecule has 0 N–H and O–H groups in total. The molecule has 1 aliphatic heterocycles. The fourth-order valence-electron chi connectivity index (χ4n) is 1.91. The number of anilines is 1. The molecule has 1 fully saturated rings. The van der Waals surface area contributed by atoms with Crippen LogP contribution in [0.25, 0.3) is 0 Å². The van der Waals surface area contributed by atoms with Crippen LogP contribution < -0.4 is 4.90 Å². The van der Waals surface area contributed by atoms with Crippen LogP contribution in [0.4, 0.5) is 10.8 Å². The van der Waals surface area contributed by atoms with Crippen molar-refractivity contribution in [3.05, 3.63) is 33.3 Å². The van der Waals surface area contributed by atoms with Crippen molar-refractivity contribution < 1.29 is 9.66 Å². The number of ether oxygens (including phenoxy) is 1. The smallest absolute Gasteiger partial charge is 0.270 e. The predicted molar refractivity (Wildman–Crippen MR) is 85.2 cm³/mol. The first-order valence-corrected chi connectivity index (χ1v) is 8.42. The largest absolute Gasteiger partial charge is 0.378 e. The molecule has 0 amide bonds. The lowest BCUT2D eigenvalue weighted by molar-refractivity contribution is -0.384. The molecule has 2 heterocycles. The zero-order chi connectivity index (χ0) is 15.5. The van der Waals surface area contributed by atoms with E-state index in [1.807, 2.05) is 0 Å². The number of halogens is 1. The standard InChI is InChI=1S/C12H11ClN4O3S2/c13-9-7-8(17(18)19)1-2-10(9)21-12-15-14-11(22-12)16-3-5-20-6-4-16/h1-2,7H,3-6H2. The molecule has 0 bridgehead atoms. The van der Waals surface area contributed by atoms with E-state index in [1.54, 1.807) is 6.07 Å². The highest BCUT2D eigenvalue weighted by molar-refractivity contribution is 8.01. The van der Waals surface area contributed by atoms with Gasteiger partial charge in [-0.1, -0.05) is 34.7 Å². The maximum absolute atomic E-state index is 10.7. The molecule has 1 aromatic heterocycles. The van der Waals surface area contributed by atoms with Gasteiger partial charge in [-0.15, -0.1) is 10.2 Å². The summed E-state index contributed by atoms with van der Waals surface area (Å²) in [6, 6.07) is 4.40. The summed E-state index contributed by atoms with van der Waals surface area (Å²) in [4.78, 5) is 13.1. The Bertz CT molecular complexity index is 691. The van der Waals surface area contributed by atoms with Crippen molar-refractivity contribution >= 4 is 45.5 Å². The molecule has 22 heavy (non-hydrogen) atoms. The first-order chi connectivity index (χ1) is 10.6. The number of aromatic nitrogens is 2. The first-order valence-electron chi connectivity index (χ1n) is 6.41.